The maximum atomic E-state index is 11.8. The summed E-state index contributed by atoms with van der Waals surface area (Å²) in [5.41, 5.74) is 7.56. The standard InChI is InChI=1S/C14H20N2O/c1-16(10-12-2-3-12)14(17)9-6-11-4-7-13(15)8-5-11/h4-5,7-8,12H,2-3,6,9-10,15H2,1H3. The Kier molecular flexibility index (Phi) is 3.67. The van der Waals surface area contributed by atoms with Crippen LogP contribution in [0.1, 0.15) is 24.8 Å². The van der Waals surface area contributed by atoms with E-state index in [1.807, 2.05) is 36.2 Å². The second-order valence-electron chi connectivity index (χ2n) is 4.96. The van der Waals surface area contributed by atoms with Crippen LogP contribution >= 0.6 is 0 Å². The van der Waals surface area contributed by atoms with Gasteiger partial charge < -0.3 is 10.6 Å². The molecule has 2 N–H and O–H groups in total. The van der Waals surface area contributed by atoms with E-state index in [0.29, 0.717) is 6.42 Å². The predicted molar refractivity (Wildman–Crippen MR) is 69.5 cm³/mol. The lowest BCUT2D eigenvalue weighted by Crippen LogP contribution is -2.28. The molecule has 1 fully saturated rings. The highest BCUT2D eigenvalue weighted by atomic mass is 16.2. The van der Waals surface area contributed by atoms with Crippen LogP contribution in [0.4, 0.5) is 5.69 Å². The highest BCUT2D eigenvalue weighted by Crippen LogP contribution is 2.29. The van der Waals surface area contributed by atoms with Crippen molar-refractivity contribution in [2.45, 2.75) is 25.7 Å². The molecule has 1 aromatic carbocycles. The Labute approximate surface area is 103 Å². The van der Waals surface area contributed by atoms with Crippen molar-refractivity contribution in [1.29, 1.82) is 0 Å². The lowest BCUT2D eigenvalue weighted by atomic mass is 10.1. The van der Waals surface area contributed by atoms with Crippen molar-refractivity contribution in [2.75, 3.05) is 19.3 Å². The molecule has 17 heavy (non-hydrogen) atoms. The molecule has 0 aliphatic heterocycles. The smallest absolute Gasteiger partial charge is 0.222 e. The third kappa shape index (κ3) is 3.77. The molecule has 3 nitrogen and oxygen atoms in total. The monoisotopic (exact) mass is 232 g/mol. The first-order valence-electron chi connectivity index (χ1n) is 6.23. The third-order valence-corrected chi connectivity index (χ3v) is 3.26. The summed E-state index contributed by atoms with van der Waals surface area (Å²) in [4.78, 5) is 13.7. The van der Waals surface area contributed by atoms with Crippen LogP contribution in [0.25, 0.3) is 0 Å². The van der Waals surface area contributed by atoms with Gasteiger partial charge in [-0.25, -0.2) is 0 Å². The van der Waals surface area contributed by atoms with E-state index in [0.717, 1.165) is 24.6 Å². The molecule has 1 aliphatic carbocycles. The molecule has 1 amide bonds. The molecule has 0 spiro atoms. The van der Waals surface area contributed by atoms with E-state index in [1.165, 1.54) is 18.4 Å². The van der Waals surface area contributed by atoms with Gasteiger partial charge >= 0.3 is 0 Å². The summed E-state index contributed by atoms with van der Waals surface area (Å²) in [6, 6.07) is 7.74. The Morgan fingerprint density at radius 3 is 2.59 bits per heavy atom. The number of anilines is 1. The van der Waals surface area contributed by atoms with E-state index in [4.69, 9.17) is 5.73 Å². The van der Waals surface area contributed by atoms with E-state index in [-0.39, 0.29) is 5.91 Å². The summed E-state index contributed by atoms with van der Waals surface area (Å²) in [6.45, 7) is 0.931. The number of hydrogen-bond acceptors (Lipinski definition) is 2. The fraction of sp³-hybridized carbons (Fsp3) is 0.500. The van der Waals surface area contributed by atoms with E-state index >= 15 is 0 Å². The highest BCUT2D eigenvalue weighted by Gasteiger charge is 2.24. The lowest BCUT2D eigenvalue weighted by molar-refractivity contribution is -0.130. The zero-order valence-electron chi connectivity index (χ0n) is 10.4. The molecule has 0 aromatic heterocycles. The van der Waals surface area contributed by atoms with Crippen molar-refractivity contribution < 1.29 is 4.79 Å². The van der Waals surface area contributed by atoms with Crippen LogP contribution < -0.4 is 5.73 Å². The molecule has 1 aromatic rings. The Hall–Kier alpha value is -1.51. The van der Waals surface area contributed by atoms with E-state index in [9.17, 15) is 4.79 Å². The van der Waals surface area contributed by atoms with Gasteiger partial charge in [0.05, 0.1) is 0 Å². The molecule has 0 unspecified atom stereocenters. The van der Waals surface area contributed by atoms with E-state index in [1.54, 1.807) is 0 Å². The van der Waals surface area contributed by atoms with Gasteiger partial charge in [0.2, 0.25) is 5.91 Å². The molecule has 1 saturated carbocycles. The number of rotatable bonds is 5. The average Bonchev–Trinajstić information content (AvgIpc) is 3.11. The van der Waals surface area contributed by atoms with Crippen LogP contribution in [-0.4, -0.2) is 24.4 Å². The van der Waals surface area contributed by atoms with Gasteiger partial charge in [-0.2, -0.15) is 0 Å². The van der Waals surface area contributed by atoms with Crippen LogP contribution in [0.2, 0.25) is 0 Å². The lowest BCUT2D eigenvalue weighted by Gasteiger charge is -2.16. The number of nitrogen functional groups attached to an aromatic ring is 1. The Morgan fingerprint density at radius 2 is 2.00 bits per heavy atom. The molecule has 92 valence electrons. The van der Waals surface area contributed by atoms with E-state index in [2.05, 4.69) is 0 Å². The second-order valence-corrected chi connectivity index (χ2v) is 4.96. The maximum Gasteiger partial charge on any atom is 0.222 e. The minimum Gasteiger partial charge on any atom is -0.399 e. The highest BCUT2D eigenvalue weighted by molar-refractivity contribution is 5.76. The van der Waals surface area contributed by atoms with Crippen molar-refractivity contribution in [3.05, 3.63) is 29.8 Å². The molecule has 0 radical (unpaired) electrons. The number of carbonyl (C=O) groups is 1. The van der Waals surface area contributed by atoms with Crippen molar-refractivity contribution in [3.8, 4) is 0 Å². The second kappa shape index (κ2) is 5.21. The number of nitrogens with zero attached hydrogens (tertiary/aromatic N) is 1. The van der Waals surface area contributed by atoms with Gasteiger partial charge in [0.1, 0.15) is 0 Å². The summed E-state index contributed by atoms with van der Waals surface area (Å²) in [6.07, 6.45) is 3.96. The van der Waals surface area contributed by atoms with Gasteiger partial charge in [0.15, 0.2) is 0 Å². The van der Waals surface area contributed by atoms with E-state index < -0.39 is 0 Å². The summed E-state index contributed by atoms with van der Waals surface area (Å²) < 4.78 is 0. The molecule has 2 rings (SSSR count). The van der Waals surface area contributed by atoms with Crippen molar-refractivity contribution in [2.24, 2.45) is 5.92 Å². The van der Waals surface area contributed by atoms with Gasteiger partial charge in [0.25, 0.3) is 0 Å². The predicted octanol–water partition coefficient (Wildman–Crippen LogP) is 2.07. The van der Waals surface area contributed by atoms with Crippen LogP contribution in [0.15, 0.2) is 24.3 Å². The number of benzene rings is 1. The average molecular weight is 232 g/mol. The molecule has 0 heterocycles. The first-order chi connectivity index (χ1) is 8.15. The SMILES string of the molecule is CN(CC1CC1)C(=O)CCc1ccc(N)cc1. The minimum atomic E-state index is 0.244. The molecule has 0 atom stereocenters. The first kappa shape index (κ1) is 12.0. The quantitative estimate of drug-likeness (QED) is 0.790. The third-order valence-electron chi connectivity index (χ3n) is 3.26. The summed E-state index contributed by atoms with van der Waals surface area (Å²) in [5.74, 6) is 1.01. The summed E-state index contributed by atoms with van der Waals surface area (Å²) >= 11 is 0. The minimum absolute atomic E-state index is 0.244. The largest absolute Gasteiger partial charge is 0.399 e. The number of amides is 1. The van der Waals surface area contributed by atoms with Crippen LogP contribution in [0.5, 0.6) is 0 Å². The molecule has 0 bridgehead atoms. The molecular formula is C14H20N2O. The van der Waals surface area contributed by atoms with Gasteiger partial charge in [-0.15, -0.1) is 0 Å². The Morgan fingerprint density at radius 1 is 1.35 bits per heavy atom. The number of nitrogens with two attached hydrogens (primary N) is 1. The number of aryl methyl sites for hydroxylation is 1. The van der Waals surface area contributed by atoms with Crippen LogP contribution in [-0.2, 0) is 11.2 Å². The van der Waals surface area contributed by atoms with Crippen LogP contribution in [0, 0.1) is 5.92 Å². The Balaban J connectivity index is 1.76. The number of carbonyl (C=O) groups excluding carboxylic acids is 1. The fourth-order valence-corrected chi connectivity index (χ4v) is 1.92. The normalized spacial score (nSPS) is 14.6. The summed E-state index contributed by atoms with van der Waals surface area (Å²) in [5, 5.41) is 0. The first-order valence-corrected chi connectivity index (χ1v) is 6.23. The van der Waals surface area contributed by atoms with Crippen molar-refractivity contribution >= 4 is 11.6 Å². The summed E-state index contributed by atoms with van der Waals surface area (Å²) in [7, 11) is 1.91. The molecule has 0 saturated heterocycles. The molecule has 1 aliphatic rings. The van der Waals surface area contributed by atoms with Gasteiger partial charge in [-0.3, -0.25) is 4.79 Å². The zero-order chi connectivity index (χ0) is 12.3. The van der Waals surface area contributed by atoms with Crippen molar-refractivity contribution in [1.82, 2.24) is 4.90 Å². The van der Waals surface area contributed by atoms with Gasteiger partial charge in [-0.1, -0.05) is 12.1 Å². The van der Waals surface area contributed by atoms with Gasteiger partial charge in [0, 0.05) is 25.7 Å². The van der Waals surface area contributed by atoms with Crippen molar-refractivity contribution in [3.63, 3.8) is 0 Å². The van der Waals surface area contributed by atoms with Gasteiger partial charge in [-0.05, 0) is 42.9 Å². The zero-order valence-corrected chi connectivity index (χ0v) is 10.4. The number of hydrogen-bond donors (Lipinski definition) is 1. The molecule has 3 heteroatoms. The Bertz CT molecular complexity index is 382. The fourth-order valence-electron chi connectivity index (χ4n) is 1.92. The topological polar surface area (TPSA) is 46.3 Å². The maximum absolute atomic E-state index is 11.8. The molecular weight excluding hydrogens is 212 g/mol. The van der Waals surface area contributed by atoms with Crippen LogP contribution in [0.3, 0.4) is 0 Å².